The number of aliphatic hydroxyl groups is 1. The molecule has 3 aliphatic rings. The first kappa shape index (κ1) is 19.5. The summed E-state index contributed by atoms with van der Waals surface area (Å²) < 4.78 is 1.86. The van der Waals surface area contributed by atoms with Crippen molar-refractivity contribution in [2.75, 3.05) is 19.7 Å². The number of amides is 1. The monoisotopic (exact) mass is 407 g/mol. The number of aliphatic hydroxyl groups excluding tert-OH is 1. The molecule has 1 amide bonds. The van der Waals surface area contributed by atoms with Gasteiger partial charge in [0.1, 0.15) is 0 Å². The van der Waals surface area contributed by atoms with Crippen LogP contribution in [-0.4, -0.2) is 46.2 Å². The smallest absolute Gasteiger partial charge is 0.258 e. The van der Waals surface area contributed by atoms with Gasteiger partial charge in [0.25, 0.3) is 5.56 Å². The van der Waals surface area contributed by atoms with Crippen molar-refractivity contribution in [2.24, 2.45) is 17.8 Å². The quantitative estimate of drug-likeness (QED) is 0.768. The van der Waals surface area contributed by atoms with Crippen LogP contribution in [0.25, 0.3) is 11.1 Å². The van der Waals surface area contributed by atoms with Crippen LogP contribution in [-0.2, 0) is 11.3 Å². The van der Waals surface area contributed by atoms with Crippen molar-refractivity contribution in [2.45, 2.75) is 38.4 Å². The molecule has 5 rings (SSSR count). The van der Waals surface area contributed by atoms with E-state index in [1.165, 1.54) is 12.8 Å². The van der Waals surface area contributed by atoms with E-state index >= 15 is 0 Å². The number of likely N-dealkylation sites (tertiary alicyclic amines) is 1. The highest BCUT2D eigenvalue weighted by Crippen LogP contribution is 2.49. The summed E-state index contributed by atoms with van der Waals surface area (Å²) in [5.74, 6) is 0.527. The summed E-state index contributed by atoms with van der Waals surface area (Å²) in [7, 11) is 0. The fraction of sp³-hybridized carbons (Fsp3) is 0.500. The topological polar surface area (TPSA) is 74.6 Å². The second-order valence-electron chi connectivity index (χ2n) is 8.87. The van der Waals surface area contributed by atoms with Crippen LogP contribution in [0, 0.1) is 17.8 Å². The lowest BCUT2D eigenvalue weighted by Crippen LogP contribution is -2.48. The maximum absolute atomic E-state index is 13.3. The number of nitrogens with one attached hydrogen (secondary N) is 1. The highest BCUT2D eigenvalue weighted by molar-refractivity contribution is 5.83. The molecule has 6 nitrogen and oxygen atoms in total. The van der Waals surface area contributed by atoms with Crippen molar-refractivity contribution in [3.05, 3.63) is 58.5 Å². The van der Waals surface area contributed by atoms with Gasteiger partial charge in [0.15, 0.2) is 0 Å². The Balaban J connectivity index is 1.49. The fourth-order valence-electron chi connectivity index (χ4n) is 5.49. The molecular formula is C24H29N3O3. The maximum Gasteiger partial charge on any atom is 0.258 e. The molecule has 2 aliphatic heterocycles. The lowest BCUT2D eigenvalue weighted by molar-refractivity contribution is -0.127. The molecule has 1 saturated carbocycles. The van der Waals surface area contributed by atoms with Gasteiger partial charge in [0.2, 0.25) is 5.91 Å². The zero-order chi connectivity index (χ0) is 20.8. The molecule has 0 radical (unpaired) electrons. The number of pyridine rings is 1. The average Bonchev–Trinajstić information content (AvgIpc) is 3.44. The van der Waals surface area contributed by atoms with Crippen molar-refractivity contribution in [1.29, 1.82) is 0 Å². The van der Waals surface area contributed by atoms with Crippen LogP contribution < -0.4 is 10.9 Å². The average molecular weight is 408 g/mol. The standard InChI is InChI=1S/C24H29N3O3/c1-2-26-21-18(19(14-28)22(26)23(29)25-12-15-8-9-15)13-27-20(21)11-10-17(24(27)30)16-6-4-3-5-7-16/h3-7,10-11,15,18-19,21-22,28H,2,8-9,12-14H2,1H3,(H,25,29)/t18-,19-,21+,22-/m0/s1. The molecule has 0 spiro atoms. The van der Waals surface area contributed by atoms with Gasteiger partial charge in [-0.1, -0.05) is 37.3 Å². The zero-order valence-corrected chi connectivity index (χ0v) is 17.3. The molecule has 1 aromatic carbocycles. The van der Waals surface area contributed by atoms with E-state index in [-0.39, 0.29) is 42.0 Å². The number of fused-ring (bicyclic) bond motifs is 3. The van der Waals surface area contributed by atoms with Gasteiger partial charge < -0.3 is 15.0 Å². The molecule has 0 bridgehead atoms. The number of benzene rings is 1. The van der Waals surface area contributed by atoms with E-state index in [9.17, 15) is 14.7 Å². The molecule has 4 atom stereocenters. The number of carbonyl (C=O) groups excluding carboxylic acids is 1. The highest BCUT2D eigenvalue weighted by atomic mass is 16.3. The van der Waals surface area contributed by atoms with Crippen molar-refractivity contribution in [1.82, 2.24) is 14.8 Å². The van der Waals surface area contributed by atoms with Gasteiger partial charge in [-0.25, -0.2) is 0 Å². The van der Waals surface area contributed by atoms with E-state index < -0.39 is 0 Å². The number of carbonyl (C=O) groups is 1. The van der Waals surface area contributed by atoms with Crippen LogP contribution in [0.5, 0.6) is 0 Å². The number of rotatable bonds is 6. The zero-order valence-electron chi connectivity index (χ0n) is 17.3. The number of nitrogens with zero attached hydrogens (tertiary/aromatic N) is 2. The minimum Gasteiger partial charge on any atom is -0.396 e. The summed E-state index contributed by atoms with van der Waals surface area (Å²) in [5.41, 5.74) is 2.58. The minimum atomic E-state index is -0.341. The Bertz CT molecular complexity index is 999. The normalized spacial score (nSPS) is 27.7. The van der Waals surface area contributed by atoms with Crippen molar-refractivity contribution >= 4 is 5.91 Å². The SMILES string of the molecule is CCN1[C@H](C(=O)NCC2CC2)[C@@H](CO)[C@@H]2Cn3c(ccc(-c4ccccc4)c3=O)[C@@H]21. The Morgan fingerprint density at radius 1 is 1.17 bits per heavy atom. The van der Waals surface area contributed by atoms with Crippen LogP contribution >= 0.6 is 0 Å². The fourth-order valence-corrected chi connectivity index (χ4v) is 5.49. The van der Waals surface area contributed by atoms with E-state index in [1.54, 1.807) is 0 Å². The predicted molar refractivity (Wildman–Crippen MR) is 115 cm³/mol. The summed E-state index contributed by atoms with van der Waals surface area (Å²) in [4.78, 5) is 28.5. The van der Waals surface area contributed by atoms with E-state index in [0.29, 0.717) is 24.6 Å². The minimum absolute atomic E-state index is 0.00979. The molecule has 158 valence electrons. The van der Waals surface area contributed by atoms with Crippen molar-refractivity contribution in [3.8, 4) is 11.1 Å². The summed E-state index contributed by atoms with van der Waals surface area (Å²) in [6.07, 6.45) is 2.38. The molecule has 2 aromatic rings. The van der Waals surface area contributed by atoms with E-state index in [4.69, 9.17) is 0 Å². The summed E-state index contributed by atoms with van der Waals surface area (Å²) in [5, 5.41) is 13.3. The van der Waals surface area contributed by atoms with E-state index in [2.05, 4.69) is 17.1 Å². The molecule has 2 N–H and O–H groups in total. The van der Waals surface area contributed by atoms with Gasteiger partial charge >= 0.3 is 0 Å². The number of aromatic nitrogens is 1. The van der Waals surface area contributed by atoms with Gasteiger partial charge in [-0.15, -0.1) is 0 Å². The van der Waals surface area contributed by atoms with Gasteiger partial charge in [0, 0.05) is 42.8 Å². The maximum atomic E-state index is 13.3. The lowest BCUT2D eigenvalue weighted by atomic mass is 9.88. The van der Waals surface area contributed by atoms with Crippen LogP contribution in [0.15, 0.2) is 47.3 Å². The first-order chi connectivity index (χ1) is 14.6. The molecule has 0 unspecified atom stereocenters. The number of hydrogen-bond donors (Lipinski definition) is 2. The van der Waals surface area contributed by atoms with E-state index in [0.717, 1.165) is 17.8 Å². The van der Waals surface area contributed by atoms with Crippen molar-refractivity contribution in [3.63, 3.8) is 0 Å². The van der Waals surface area contributed by atoms with Crippen LogP contribution in [0.1, 0.15) is 31.5 Å². The Morgan fingerprint density at radius 2 is 1.93 bits per heavy atom. The summed E-state index contributed by atoms with van der Waals surface area (Å²) in [6.45, 7) is 3.99. The molecular weight excluding hydrogens is 378 g/mol. The first-order valence-electron chi connectivity index (χ1n) is 11.1. The molecule has 30 heavy (non-hydrogen) atoms. The second kappa shape index (κ2) is 7.67. The highest BCUT2D eigenvalue weighted by Gasteiger charge is 2.55. The molecule has 2 fully saturated rings. The third-order valence-electron chi connectivity index (χ3n) is 7.17. The first-order valence-corrected chi connectivity index (χ1v) is 11.1. The van der Waals surface area contributed by atoms with Gasteiger partial charge in [-0.3, -0.25) is 14.5 Å². The number of likely N-dealkylation sites (N-methyl/N-ethyl adjacent to an activating group) is 1. The molecule has 1 aromatic heterocycles. The third kappa shape index (κ3) is 3.10. The Morgan fingerprint density at radius 3 is 2.60 bits per heavy atom. The summed E-state index contributed by atoms with van der Waals surface area (Å²) in [6, 6.07) is 13.3. The summed E-state index contributed by atoms with van der Waals surface area (Å²) >= 11 is 0. The van der Waals surface area contributed by atoms with Crippen LogP contribution in [0.3, 0.4) is 0 Å². The van der Waals surface area contributed by atoms with Gasteiger partial charge in [-0.2, -0.15) is 0 Å². The van der Waals surface area contributed by atoms with Crippen molar-refractivity contribution < 1.29 is 9.90 Å². The van der Waals surface area contributed by atoms with Gasteiger partial charge in [-0.05, 0) is 43.0 Å². The predicted octanol–water partition coefficient (Wildman–Crippen LogP) is 2.02. The van der Waals surface area contributed by atoms with E-state index in [1.807, 2.05) is 47.0 Å². The Labute approximate surface area is 176 Å². The lowest BCUT2D eigenvalue weighted by Gasteiger charge is -2.29. The number of hydrogen-bond acceptors (Lipinski definition) is 4. The van der Waals surface area contributed by atoms with Crippen LogP contribution in [0.2, 0.25) is 0 Å². The largest absolute Gasteiger partial charge is 0.396 e. The molecule has 1 aliphatic carbocycles. The molecule has 3 heterocycles. The Hall–Kier alpha value is -2.44. The third-order valence-corrected chi connectivity index (χ3v) is 7.17. The van der Waals surface area contributed by atoms with Crippen LogP contribution in [0.4, 0.5) is 0 Å². The Kier molecular flexibility index (Phi) is 4.99. The molecule has 1 saturated heterocycles. The molecule has 6 heteroatoms. The second-order valence-corrected chi connectivity index (χ2v) is 8.87. The van der Waals surface area contributed by atoms with Gasteiger partial charge in [0.05, 0.1) is 12.1 Å².